The van der Waals surface area contributed by atoms with Crippen molar-refractivity contribution < 1.29 is 4.42 Å². The zero-order valence-corrected chi connectivity index (χ0v) is 8.03. The molecular formula is C10H13N3O. The lowest BCUT2D eigenvalue weighted by Crippen LogP contribution is -2.20. The van der Waals surface area contributed by atoms with Crippen LogP contribution in [0, 0.1) is 6.92 Å². The minimum absolute atomic E-state index is 0.128. The van der Waals surface area contributed by atoms with E-state index >= 15 is 0 Å². The van der Waals surface area contributed by atoms with E-state index in [9.17, 15) is 0 Å². The Morgan fingerprint density at radius 3 is 3.00 bits per heavy atom. The smallest absolute Gasteiger partial charge is 0.192 e. The van der Waals surface area contributed by atoms with E-state index in [4.69, 9.17) is 15.9 Å². The minimum atomic E-state index is -0.128. The van der Waals surface area contributed by atoms with Crippen molar-refractivity contribution in [3.05, 3.63) is 29.7 Å². The molecule has 2 aromatic rings. The molecular weight excluding hydrogens is 178 g/mol. The van der Waals surface area contributed by atoms with E-state index in [2.05, 4.69) is 4.98 Å². The first kappa shape index (κ1) is 9.18. The lowest BCUT2D eigenvalue weighted by atomic mass is 10.1. The number of rotatable bonds is 2. The second-order valence-corrected chi connectivity index (χ2v) is 3.30. The Labute approximate surface area is 81.9 Å². The predicted octanol–water partition coefficient (Wildman–Crippen LogP) is 1.09. The molecule has 14 heavy (non-hydrogen) atoms. The number of hydrogen-bond acceptors (Lipinski definition) is 4. The summed E-state index contributed by atoms with van der Waals surface area (Å²) in [4.78, 5) is 4.23. The molecule has 1 aromatic heterocycles. The lowest BCUT2D eigenvalue weighted by molar-refractivity contribution is 0.561. The second-order valence-electron chi connectivity index (χ2n) is 3.30. The van der Waals surface area contributed by atoms with Gasteiger partial charge in [0, 0.05) is 19.5 Å². The first-order chi connectivity index (χ1) is 6.70. The molecule has 0 fully saturated rings. The molecule has 1 heterocycles. The van der Waals surface area contributed by atoms with E-state index in [1.807, 2.05) is 25.1 Å². The second kappa shape index (κ2) is 3.40. The van der Waals surface area contributed by atoms with Crippen molar-refractivity contribution in [3.8, 4) is 0 Å². The highest BCUT2D eigenvalue weighted by molar-refractivity contribution is 5.73. The largest absolute Gasteiger partial charge is 0.441 e. The maximum absolute atomic E-state index is 5.81. The first-order valence-electron chi connectivity index (χ1n) is 4.53. The molecule has 2 rings (SSSR count). The third-order valence-electron chi connectivity index (χ3n) is 2.20. The van der Waals surface area contributed by atoms with Crippen molar-refractivity contribution in [2.45, 2.75) is 13.0 Å². The van der Waals surface area contributed by atoms with Crippen LogP contribution in [-0.2, 0) is 0 Å². The van der Waals surface area contributed by atoms with E-state index in [1.54, 1.807) is 0 Å². The van der Waals surface area contributed by atoms with Crippen molar-refractivity contribution in [2.75, 3.05) is 6.54 Å². The van der Waals surface area contributed by atoms with Crippen LogP contribution in [0.3, 0.4) is 0 Å². The molecule has 4 heteroatoms. The van der Waals surface area contributed by atoms with Crippen molar-refractivity contribution in [1.82, 2.24) is 4.98 Å². The van der Waals surface area contributed by atoms with E-state index < -0.39 is 0 Å². The molecule has 0 saturated heterocycles. The molecule has 4 N–H and O–H groups in total. The quantitative estimate of drug-likeness (QED) is 0.745. The summed E-state index contributed by atoms with van der Waals surface area (Å²) in [6.45, 7) is 2.25. The molecule has 0 spiro atoms. The van der Waals surface area contributed by atoms with Crippen LogP contribution in [0.1, 0.15) is 17.5 Å². The summed E-state index contributed by atoms with van der Waals surface area (Å²) in [5.74, 6) is 0.665. The summed E-state index contributed by atoms with van der Waals surface area (Å²) in [7, 11) is 0. The Morgan fingerprint density at radius 1 is 1.50 bits per heavy atom. The summed E-state index contributed by atoms with van der Waals surface area (Å²) >= 11 is 0. The topological polar surface area (TPSA) is 78.1 Å². The number of nitrogens with zero attached hydrogens (tertiary/aromatic N) is 1. The monoisotopic (exact) mass is 191 g/mol. The molecule has 4 nitrogen and oxygen atoms in total. The molecule has 0 radical (unpaired) electrons. The van der Waals surface area contributed by atoms with Crippen LogP contribution in [0.25, 0.3) is 11.1 Å². The van der Waals surface area contributed by atoms with Gasteiger partial charge in [0.2, 0.25) is 0 Å². The van der Waals surface area contributed by atoms with Crippen LogP contribution in [0.15, 0.2) is 22.6 Å². The average molecular weight is 191 g/mol. The molecule has 0 aliphatic heterocycles. The number of fused-ring (bicyclic) bond motifs is 1. The normalized spacial score (nSPS) is 13.4. The van der Waals surface area contributed by atoms with Crippen LogP contribution >= 0.6 is 0 Å². The van der Waals surface area contributed by atoms with Gasteiger partial charge in [-0.3, -0.25) is 0 Å². The van der Waals surface area contributed by atoms with Gasteiger partial charge in [0.25, 0.3) is 0 Å². The van der Waals surface area contributed by atoms with E-state index in [0.717, 1.165) is 16.7 Å². The minimum Gasteiger partial charge on any atom is -0.441 e. The summed E-state index contributed by atoms with van der Waals surface area (Å²) in [5, 5.41) is 0. The summed E-state index contributed by atoms with van der Waals surface area (Å²) in [6.07, 6.45) is 0. The van der Waals surface area contributed by atoms with Gasteiger partial charge < -0.3 is 15.9 Å². The number of hydrogen-bond donors (Lipinski definition) is 2. The Bertz CT molecular complexity index is 450. The van der Waals surface area contributed by atoms with Gasteiger partial charge in [-0.05, 0) is 17.7 Å². The zero-order valence-electron chi connectivity index (χ0n) is 8.03. The van der Waals surface area contributed by atoms with Crippen LogP contribution in [0.2, 0.25) is 0 Å². The van der Waals surface area contributed by atoms with Gasteiger partial charge in [0.1, 0.15) is 5.52 Å². The van der Waals surface area contributed by atoms with Gasteiger partial charge in [0.15, 0.2) is 11.5 Å². The number of aromatic nitrogens is 1. The van der Waals surface area contributed by atoms with Gasteiger partial charge >= 0.3 is 0 Å². The number of aryl methyl sites for hydroxylation is 1. The van der Waals surface area contributed by atoms with E-state index in [0.29, 0.717) is 12.4 Å². The van der Waals surface area contributed by atoms with Crippen molar-refractivity contribution in [3.63, 3.8) is 0 Å². The summed E-state index contributed by atoms with van der Waals surface area (Å²) in [6, 6.07) is 5.59. The Balaban J connectivity index is 2.50. The fraction of sp³-hybridized carbons (Fsp3) is 0.300. The third-order valence-corrected chi connectivity index (χ3v) is 2.20. The lowest BCUT2D eigenvalue weighted by Gasteiger charge is -2.07. The van der Waals surface area contributed by atoms with Crippen molar-refractivity contribution in [2.24, 2.45) is 11.5 Å². The molecule has 0 saturated carbocycles. The SMILES string of the molecule is Cc1nc2cc(C(N)CN)ccc2o1. The van der Waals surface area contributed by atoms with E-state index in [1.165, 1.54) is 0 Å². The van der Waals surface area contributed by atoms with Gasteiger partial charge in [-0.15, -0.1) is 0 Å². The van der Waals surface area contributed by atoms with Crippen LogP contribution in [-0.4, -0.2) is 11.5 Å². The standard InChI is InChI=1S/C10H13N3O/c1-6-13-9-4-7(8(12)5-11)2-3-10(9)14-6/h2-4,8H,5,11-12H2,1H3. The van der Waals surface area contributed by atoms with E-state index in [-0.39, 0.29) is 6.04 Å². The van der Waals surface area contributed by atoms with Crippen LogP contribution in [0.4, 0.5) is 0 Å². The first-order valence-corrected chi connectivity index (χ1v) is 4.53. The highest BCUT2D eigenvalue weighted by atomic mass is 16.3. The molecule has 74 valence electrons. The molecule has 1 unspecified atom stereocenters. The van der Waals surface area contributed by atoms with Gasteiger partial charge in [0.05, 0.1) is 0 Å². The molecule has 0 aliphatic rings. The predicted molar refractivity (Wildman–Crippen MR) is 54.7 cm³/mol. The number of oxazole rings is 1. The Kier molecular flexibility index (Phi) is 2.23. The highest BCUT2D eigenvalue weighted by Crippen LogP contribution is 2.19. The maximum Gasteiger partial charge on any atom is 0.192 e. The molecule has 1 aromatic carbocycles. The molecule has 0 bridgehead atoms. The zero-order chi connectivity index (χ0) is 10.1. The van der Waals surface area contributed by atoms with Gasteiger partial charge in [-0.2, -0.15) is 0 Å². The average Bonchev–Trinajstić information content (AvgIpc) is 2.55. The van der Waals surface area contributed by atoms with Crippen LogP contribution in [0.5, 0.6) is 0 Å². The number of benzene rings is 1. The summed E-state index contributed by atoms with van der Waals surface area (Å²) in [5.41, 5.74) is 13.9. The third kappa shape index (κ3) is 1.49. The fourth-order valence-corrected chi connectivity index (χ4v) is 1.43. The Hall–Kier alpha value is -1.39. The number of nitrogens with two attached hydrogens (primary N) is 2. The van der Waals surface area contributed by atoms with Gasteiger partial charge in [-0.1, -0.05) is 6.07 Å². The molecule has 0 aliphatic carbocycles. The van der Waals surface area contributed by atoms with Crippen LogP contribution < -0.4 is 11.5 Å². The van der Waals surface area contributed by atoms with Crippen molar-refractivity contribution in [1.29, 1.82) is 0 Å². The highest BCUT2D eigenvalue weighted by Gasteiger charge is 2.07. The summed E-state index contributed by atoms with van der Waals surface area (Å²) < 4.78 is 5.35. The van der Waals surface area contributed by atoms with Gasteiger partial charge in [-0.25, -0.2) is 4.98 Å². The Morgan fingerprint density at radius 2 is 2.29 bits per heavy atom. The van der Waals surface area contributed by atoms with Crippen molar-refractivity contribution >= 4 is 11.1 Å². The maximum atomic E-state index is 5.81. The molecule has 0 amide bonds. The fourth-order valence-electron chi connectivity index (χ4n) is 1.43. The molecule has 1 atom stereocenters.